The first-order chi connectivity index (χ1) is 6.52. The Bertz CT molecular complexity index is 195. The van der Waals surface area contributed by atoms with Crippen LogP contribution >= 0.6 is 0 Å². The van der Waals surface area contributed by atoms with E-state index in [0.29, 0.717) is 19.3 Å². The van der Waals surface area contributed by atoms with Crippen molar-refractivity contribution >= 4 is 6.16 Å². The first kappa shape index (κ1) is 12.5. The SMILES string of the molecule is C[C@@H](CCCCOC(=O)O)O[N+](=O)[O-]. The molecule has 0 fully saturated rings. The fourth-order valence-corrected chi connectivity index (χ4v) is 0.893. The highest BCUT2D eigenvalue weighted by Gasteiger charge is 2.06. The molecule has 0 aliphatic heterocycles. The predicted molar refractivity (Wildman–Crippen MR) is 45.4 cm³/mol. The van der Waals surface area contributed by atoms with E-state index >= 15 is 0 Å². The van der Waals surface area contributed by atoms with Gasteiger partial charge in [-0.15, -0.1) is 10.1 Å². The summed E-state index contributed by atoms with van der Waals surface area (Å²) in [4.78, 5) is 24.0. The number of carboxylic acid groups (broad SMARTS) is 1. The summed E-state index contributed by atoms with van der Waals surface area (Å²) in [6.07, 6.45) is -0.0985. The third-order valence-corrected chi connectivity index (χ3v) is 1.50. The van der Waals surface area contributed by atoms with Crippen molar-refractivity contribution < 1.29 is 24.6 Å². The molecule has 1 atom stereocenters. The lowest BCUT2D eigenvalue weighted by atomic mass is 10.2. The van der Waals surface area contributed by atoms with Gasteiger partial charge in [0.2, 0.25) is 0 Å². The second-order valence-electron chi connectivity index (χ2n) is 2.75. The van der Waals surface area contributed by atoms with Gasteiger partial charge in [-0.1, -0.05) is 0 Å². The number of rotatable bonds is 7. The van der Waals surface area contributed by atoms with E-state index in [1.54, 1.807) is 6.92 Å². The summed E-state index contributed by atoms with van der Waals surface area (Å²) in [6.45, 7) is 1.70. The lowest BCUT2D eigenvalue weighted by Crippen LogP contribution is -2.13. The molecule has 0 amide bonds. The molecule has 0 spiro atoms. The van der Waals surface area contributed by atoms with Crippen LogP contribution in [0.1, 0.15) is 26.2 Å². The van der Waals surface area contributed by atoms with Gasteiger partial charge in [0.1, 0.15) is 6.10 Å². The van der Waals surface area contributed by atoms with Crippen molar-refractivity contribution in [2.24, 2.45) is 0 Å². The summed E-state index contributed by atoms with van der Waals surface area (Å²) in [6, 6.07) is 0. The van der Waals surface area contributed by atoms with Gasteiger partial charge in [0, 0.05) is 0 Å². The number of hydrogen-bond acceptors (Lipinski definition) is 5. The summed E-state index contributed by atoms with van der Waals surface area (Å²) in [7, 11) is 0. The molecule has 0 aliphatic rings. The van der Waals surface area contributed by atoms with Crippen molar-refractivity contribution in [3.8, 4) is 0 Å². The van der Waals surface area contributed by atoms with Gasteiger partial charge in [-0.3, -0.25) is 0 Å². The zero-order valence-electron chi connectivity index (χ0n) is 7.84. The van der Waals surface area contributed by atoms with Gasteiger partial charge in [0.25, 0.3) is 5.09 Å². The number of ether oxygens (including phenoxy) is 1. The fourth-order valence-electron chi connectivity index (χ4n) is 0.893. The second kappa shape index (κ2) is 6.93. The van der Waals surface area contributed by atoms with E-state index in [0.717, 1.165) is 0 Å². The lowest BCUT2D eigenvalue weighted by molar-refractivity contribution is -0.767. The molecular weight excluding hydrogens is 194 g/mol. The number of nitrogens with zero attached hydrogens (tertiary/aromatic N) is 1. The molecule has 0 saturated carbocycles. The van der Waals surface area contributed by atoms with Gasteiger partial charge in [-0.2, -0.15) is 0 Å². The van der Waals surface area contributed by atoms with Gasteiger partial charge in [-0.25, -0.2) is 4.79 Å². The minimum absolute atomic E-state index is 0.112. The Morgan fingerprint density at radius 3 is 2.71 bits per heavy atom. The third kappa shape index (κ3) is 8.57. The monoisotopic (exact) mass is 207 g/mol. The van der Waals surface area contributed by atoms with Gasteiger partial charge < -0.3 is 14.7 Å². The van der Waals surface area contributed by atoms with Crippen LogP contribution in [0.2, 0.25) is 0 Å². The van der Waals surface area contributed by atoms with Crippen LogP contribution in [0.5, 0.6) is 0 Å². The molecule has 0 aromatic carbocycles. The van der Waals surface area contributed by atoms with Crippen LogP contribution in [0.15, 0.2) is 0 Å². The molecule has 1 N–H and O–H groups in total. The Morgan fingerprint density at radius 2 is 2.21 bits per heavy atom. The van der Waals surface area contributed by atoms with Gasteiger partial charge in [0.15, 0.2) is 0 Å². The predicted octanol–water partition coefficient (Wildman–Crippen LogP) is 1.45. The Hall–Kier alpha value is -1.53. The molecule has 14 heavy (non-hydrogen) atoms. The normalized spacial score (nSPS) is 11.8. The maximum Gasteiger partial charge on any atom is 0.505 e. The highest BCUT2D eigenvalue weighted by molar-refractivity contribution is 5.56. The van der Waals surface area contributed by atoms with E-state index in [4.69, 9.17) is 5.11 Å². The van der Waals surface area contributed by atoms with Crippen molar-refractivity contribution in [2.75, 3.05) is 6.61 Å². The average Bonchev–Trinajstić information content (AvgIpc) is 2.01. The van der Waals surface area contributed by atoms with Crippen LogP contribution in [-0.4, -0.2) is 29.1 Å². The molecule has 82 valence electrons. The first-order valence-electron chi connectivity index (χ1n) is 4.19. The molecule has 0 aliphatic carbocycles. The maximum absolute atomic E-state index is 9.91. The minimum Gasteiger partial charge on any atom is -0.450 e. The van der Waals surface area contributed by atoms with Crippen LogP contribution < -0.4 is 0 Å². The van der Waals surface area contributed by atoms with E-state index in [-0.39, 0.29) is 6.61 Å². The second-order valence-corrected chi connectivity index (χ2v) is 2.75. The van der Waals surface area contributed by atoms with Crippen LogP contribution in [0.25, 0.3) is 0 Å². The summed E-state index contributed by atoms with van der Waals surface area (Å²) in [5.74, 6) is 0. The molecule has 0 saturated heterocycles. The van der Waals surface area contributed by atoms with E-state index in [1.807, 2.05) is 0 Å². The quantitative estimate of drug-likeness (QED) is 0.293. The largest absolute Gasteiger partial charge is 0.505 e. The van der Waals surface area contributed by atoms with Crippen molar-refractivity contribution in [2.45, 2.75) is 32.3 Å². The Kier molecular flexibility index (Phi) is 6.17. The minimum atomic E-state index is -1.31. The molecule has 0 aromatic heterocycles. The van der Waals surface area contributed by atoms with Crippen LogP contribution in [-0.2, 0) is 9.57 Å². The van der Waals surface area contributed by atoms with Gasteiger partial charge in [0.05, 0.1) is 6.61 Å². The molecule has 7 heteroatoms. The van der Waals surface area contributed by atoms with Gasteiger partial charge >= 0.3 is 6.16 Å². The number of carbonyl (C=O) groups is 1. The van der Waals surface area contributed by atoms with Crippen LogP contribution in [0.4, 0.5) is 4.79 Å². The van der Waals surface area contributed by atoms with E-state index in [1.165, 1.54) is 0 Å². The molecule has 0 heterocycles. The Balaban J connectivity index is 3.27. The average molecular weight is 207 g/mol. The van der Waals surface area contributed by atoms with E-state index in [2.05, 4.69) is 9.57 Å². The van der Waals surface area contributed by atoms with Crippen molar-refractivity contribution in [1.82, 2.24) is 0 Å². The highest BCUT2D eigenvalue weighted by Crippen LogP contribution is 2.04. The highest BCUT2D eigenvalue weighted by atomic mass is 17.0. The zero-order valence-corrected chi connectivity index (χ0v) is 7.84. The van der Waals surface area contributed by atoms with Crippen molar-refractivity contribution in [3.63, 3.8) is 0 Å². The van der Waals surface area contributed by atoms with E-state index in [9.17, 15) is 14.9 Å². The van der Waals surface area contributed by atoms with Crippen LogP contribution in [0, 0.1) is 10.1 Å². The summed E-state index contributed by atoms with van der Waals surface area (Å²) in [5.41, 5.74) is 0. The molecule has 0 unspecified atom stereocenters. The molecule has 0 radical (unpaired) electrons. The maximum atomic E-state index is 9.91. The molecule has 0 rings (SSSR count). The Labute approximate surface area is 80.7 Å². The standard InChI is InChI=1S/C7H13NO6/c1-6(14-8(11)12)4-2-3-5-13-7(9)10/h6H,2-5H2,1H3,(H,9,10)/t6-/m0/s1. The molecule has 0 bridgehead atoms. The van der Waals surface area contributed by atoms with Gasteiger partial charge in [-0.05, 0) is 26.2 Å². The van der Waals surface area contributed by atoms with Crippen molar-refractivity contribution in [1.29, 1.82) is 0 Å². The molecule has 0 aromatic rings. The number of unbranched alkanes of at least 4 members (excludes halogenated alkanes) is 1. The smallest absolute Gasteiger partial charge is 0.450 e. The molecular formula is C7H13NO6. The number of hydrogen-bond donors (Lipinski definition) is 1. The first-order valence-corrected chi connectivity index (χ1v) is 4.19. The topological polar surface area (TPSA) is 98.9 Å². The zero-order chi connectivity index (χ0) is 11.0. The third-order valence-electron chi connectivity index (χ3n) is 1.50. The van der Waals surface area contributed by atoms with Crippen LogP contribution in [0.3, 0.4) is 0 Å². The lowest BCUT2D eigenvalue weighted by Gasteiger charge is -2.07. The Morgan fingerprint density at radius 1 is 1.57 bits per heavy atom. The molecule has 7 nitrogen and oxygen atoms in total. The van der Waals surface area contributed by atoms with E-state index < -0.39 is 17.3 Å². The fraction of sp³-hybridized carbons (Fsp3) is 0.857. The summed E-state index contributed by atoms with van der Waals surface area (Å²) >= 11 is 0. The van der Waals surface area contributed by atoms with Crippen molar-refractivity contribution in [3.05, 3.63) is 10.1 Å². The summed E-state index contributed by atoms with van der Waals surface area (Å²) < 4.78 is 4.25. The summed E-state index contributed by atoms with van der Waals surface area (Å²) in [5, 5.41) is 17.1.